The van der Waals surface area contributed by atoms with Crippen molar-refractivity contribution in [1.29, 1.82) is 0 Å². The number of H-pyrrole nitrogens is 1. The summed E-state index contributed by atoms with van der Waals surface area (Å²) >= 11 is 0. The van der Waals surface area contributed by atoms with Gasteiger partial charge in [0, 0.05) is 19.3 Å². The van der Waals surface area contributed by atoms with Gasteiger partial charge in [-0.05, 0) is 70.0 Å². The van der Waals surface area contributed by atoms with E-state index in [1.807, 2.05) is 24.6 Å². The van der Waals surface area contributed by atoms with Gasteiger partial charge in [-0.1, -0.05) is 13.3 Å². The number of ether oxygens (including phenoxy) is 1. The SMILES string of the molecule is CCCn1cc(C)c2c(=O)[nH]c(-c3cc(S(=O)(=O)C(N)CN4CCCCC4)ccc3OCC)nc21. The van der Waals surface area contributed by atoms with Gasteiger partial charge in [0.15, 0.2) is 9.84 Å². The second kappa shape index (κ2) is 10.5. The van der Waals surface area contributed by atoms with Crippen molar-refractivity contribution in [1.82, 2.24) is 19.4 Å². The maximum absolute atomic E-state index is 13.4. The van der Waals surface area contributed by atoms with Crippen LogP contribution in [0, 0.1) is 6.92 Å². The summed E-state index contributed by atoms with van der Waals surface area (Å²) in [5.74, 6) is 0.715. The number of hydrogen-bond donors (Lipinski definition) is 2. The van der Waals surface area contributed by atoms with Crippen molar-refractivity contribution >= 4 is 20.9 Å². The second-order valence-corrected chi connectivity index (χ2v) is 11.3. The Kier molecular flexibility index (Phi) is 7.63. The number of nitrogens with two attached hydrogens (primary N) is 1. The van der Waals surface area contributed by atoms with Crippen LogP contribution < -0.4 is 16.0 Å². The minimum atomic E-state index is -3.81. The van der Waals surface area contributed by atoms with Crippen LogP contribution in [0.15, 0.2) is 34.1 Å². The Labute approximate surface area is 206 Å². The van der Waals surface area contributed by atoms with E-state index in [4.69, 9.17) is 15.5 Å². The van der Waals surface area contributed by atoms with Gasteiger partial charge in [0.25, 0.3) is 5.56 Å². The standard InChI is InChI=1S/C25H35N5O4S/c1-4-11-30-15-17(3)22-24(30)27-23(28-25(22)31)19-14-18(9-10-20(19)34-5-2)35(32,33)21(26)16-29-12-7-6-8-13-29/h9-10,14-15,21H,4-8,11-13,16,26H2,1-3H3,(H,27,28,31). The van der Waals surface area contributed by atoms with E-state index in [0.29, 0.717) is 29.0 Å². The summed E-state index contributed by atoms with van der Waals surface area (Å²) in [6.45, 7) is 8.90. The Bertz CT molecular complexity index is 1360. The Morgan fingerprint density at radius 2 is 1.94 bits per heavy atom. The lowest BCUT2D eigenvalue weighted by Crippen LogP contribution is -2.44. The van der Waals surface area contributed by atoms with E-state index in [0.717, 1.165) is 50.9 Å². The number of sulfone groups is 1. The molecule has 4 rings (SSSR count). The number of rotatable bonds is 9. The highest BCUT2D eigenvalue weighted by Crippen LogP contribution is 2.32. The first-order chi connectivity index (χ1) is 16.8. The summed E-state index contributed by atoms with van der Waals surface area (Å²) in [5, 5.41) is -0.516. The van der Waals surface area contributed by atoms with E-state index in [1.54, 1.807) is 6.07 Å². The summed E-state index contributed by atoms with van der Waals surface area (Å²) in [6, 6.07) is 4.64. The normalized spacial score (nSPS) is 16.0. The molecular formula is C25H35N5O4S. The third kappa shape index (κ3) is 5.14. The molecule has 190 valence electrons. The second-order valence-electron chi connectivity index (χ2n) is 9.15. The molecule has 1 unspecified atom stereocenters. The van der Waals surface area contributed by atoms with E-state index in [1.165, 1.54) is 12.1 Å². The first-order valence-electron chi connectivity index (χ1n) is 12.3. The molecule has 0 saturated carbocycles. The first kappa shape index (κ1) is 25.4. The number of nitrogens with one attached hydrogen (secondary N) is 1. The molecule has 0 spiro atoms. The van der Waals surface area contributed by atoms with Crippen molar-refractivity contribution in [2.45, 2.75) is 63.3 Å². The summed E-state index contributed by atoms with van der Waals surface area (Å²) in [4.78, 5) is 22.8. The predicted octanol–water partition coefficient (Wildman–Crippen LogP) is 3.05. The van der Waals surface area contributed by atoms with Gasteiger partial charge in [0.05, 0.1) is 22.5 Å². The molecule has 1 aliphatic rings. The van der Waals surface area contributed by atoms with Crippen LogP contribution in [0.4, 0.5) is 0 Å². The summed E-state index contributed by atoms with van der Waals surface area (Å²) in [7, 11) is -3.81. The molecule has 10 heteroatoms. The number of benzene rings is 1. The lowest BCUT2D eigenvalue weighted by atomic mass is 10.1. The Hall–Kier alpha value is -2.69. The van der Waals surface area contributed by atoms with E-state index >= 15 is 0 Å². The molecule has 0 radical (unpaired) electrons. The fourth-order valence-corrected chi connectivity index (χ4v) is 6.04. The summed E-state index contributed by atoms with van der Waals surface area (Å²) in [6.07, 6.45) is 6.09. The molecule has 1 aliphatic heterocycles. The third-order valence-electron chi connectivity index (χ3n) is 6.50. The largest absolute Gasteiger partial charge is 0.493 e. The number of fused-ring (bicyclic) bond motifs is 1. The van der Waals surface area contributed by atoms with Crippen LogP contribution in [0.5, 0.6) is 5.75 Å². The molecule has 0 aliphatic carbocycles. The van der Waals surface area contributed by atoms with Crippen LogP contribution in [-0.4, -0.2) is 59.5 Å². The van der Waals surface area contributed by atoms with E-state index in [9.17, 15) is 13.2 Å². The van der Waals surface area contributed by atoms with Gasteiger partial charge >= 0.3 is 0 Å². The highest BCUT2D eigenvalue weighted by atomic mass is 32.2. The number of nitrogens with zero attached hydrogens (tertiary/aromatic N) is 3. The summed E-state index contributed by atoms with van der Waals surface area (Å²) < 4.78 is 34.5. The molecular weight excluding hydrogens is 466 g/mol. The van der Waals surface area contributed by atoms with Gasteiger partial charge in [-0.3, -0.25) is 4.79 Å². The minimum absolute atomic E-state index is 0.0864. The van der Waals surface area contributed by atoms with Crippen LogP contribution >= 0.6 is 0 Å². The van der Waals surface area contributed by atoms with E-state index in [-0.39, 0.29) is 22.8 Å². The van der Waals surface area contributed by atoms with Crippen molar-refractivity contribution in [3.8, 4) is 17.1 Å². The van der Waals surface area contributed by atoms with Crippen LogP contribution in [0.1, 0.15) is 45.1 Å². The smallest absolute Gasteiger partial charge is 0.260 e. The number of aromatic nitrogens is 3. The van der Waals surface area contributed by atoms with Crippen molar-refractivity contribution in [3.05, 3.63) is 40.3 Å². The van der Waals surface area contributed by atoms with Crippen molar-refractivity contribution < 1.29 is 13.2 Å². The molecule has 0 bridgehead atoms. The van der Waals surface area contributed by atoms with Gasteiger partial charge in [0.1, 0.15) is 22.6 Å². The van der Waals surface area contributed by atoms with E-state index < -0.39 is 15.2 Å². The maximum atomic E-state index is 13.4. The number of aromatic amines is 1. The van der Waals surface area contributed by atoms with Crippen LogP contribution in [0.25, 0.3) is 22.4 Å². The molecule has 1 atom stereocenters. The monoisotopic (exact) mass is 501 g/mol. The quantitative estimate of drug-likeness (QED) is 0.462. The average molecular weight is 502 g/mol. The molecule has 1 saturated heterocycles. The van der Waals surface area contributed by atoms with Crippen molar-refractivity contribution in [3.63, 3.8) is 0 Å². The van der Waals surface area contributed by atoms with Gasteiger partial charge in [-0.2, -0.15) is 0 Å². The minimum Gasteiger partial charge on any atom is -0.493 e. The highest BCUT2D eigenvalue weighted by Gasteiger charge is 2.28. The fraction of sp³-hybridized carbons (Fsp3) is 0.520. The number of aryl methyl sites for hydroxylation is 2. The lowest BCUT2D eigenvalue weighted by Gasteiger charge is -2.28. The Morgan fingerprint density at radius 1 is 1.20 bits per heavy atom. The molecule has 9 nitrogen and oxygen atoms in total. The molecule has 3 heterocycles. The fourth-order valence-electron chi connectivity index (χ4n) is 4.74. The van der Waals surface area contributed by atoms with Gasteiger partial charge in [-0.25, -0.2) is 13.4 Å². The summed E-state index contributed by atoms with van der Waals surface area (Å²) in [5.41, 5.74) is 7.78. The Morgan fingerprint density at radius 3 is 2.63 bits per heavy atom. The molecule has 0 amide bonds. The molecule has 3 N–H and O–H groups in total. The first-order valence-corrected chi connectivity index (χ1v) is 13.9. The molecule has 1 fully saturated rings. The van der Waals surface area contributed by atoms with Crippen LogP contribution in [-0.2, 0) is 16.4 Å². The molecule has 2 aromatic heterocycles. The third-order valence-corrected chi connectivity index (χ3v) is 8.36. The zero-order chi connectivity index (χ0) is 25.2. The van der Waals surface area contributed by atoms with Crippen molar-refractivity contribution in [2.75, 3.05) is 26.2 Å². The van der Waals surface area contributed by atoms with Crippen molar-refractivity contribution in [2.24, 2.45) is 5.73 Å². The Balaban J connectivity index is 1.78. The number of likely N-dealkylation sites (tertiary alicyclic amines) is 1. The predicted molar refractivity (Wildman–Crippen MR) is 137 cm³/mol. The zero-order valence-electron chi connectivity index (χ0n) is 20.7. The van der Waals surface area contributed by atoms with Gasteiger partial charge in [-0.15, -0.1) is 0 Å². The van der Waals surface area contributed by atoms with Crippen LogP contribution in [0.3, 0.4) is 0 Å². The maximum Gasteiger partial charge on any atom is 0.260 e. The highest BCUT2D eigenvalue weighted by molar-refractivity contribution is 7.92. The lowest BCUT2D eigenvalue weighted by molar-refractivity contribution is 0.228. The molecule has 3 aromatic rings. The van der Waals surface area contributed by atoms with E-state index in [2.05, 4.69) is 16.8 Å². The van der Waals surface area contributed by atoms with Gasteiger partial charge in [0.2, 0.25) is 0 Å². The zero-order valence-corrected chi connectivity index (χ0v) is 21.5. The topological polar surface area (TPSA) is 123 Å². The molecule has 35 heavy (non-hydrogen) atoms. The molecule has 1 aromatic carbocycles. The van der Waals surface area contributed by atoms with Crippen LogP contribution in [0.2, 0.25) is 0 Å². The average Bonchev–Trinajstić information content (AvgIpc) is 3.15. The van der Waals surface area contributed by atoms with Gasteiger partial charge < -0.3 is 24.9 Å². The number of piperidine rings is 1. The number of hydrogen-bond acceptors (Lipinski definition) is 7.